The van der Waals surface area contributed by atoms with Gasteiger partial charge >= 0.3 is 0 Å². The average molecular weight is 299 g/mol. The smallest absolute Gasteiger partial charge is 0.292 e. The van der Waals surface area contributed by atoms with Crippen LogP contribution in [0.2, 0.25) is 0 Å². The second-order valence-electron chi connectivity index (χ2n) is 5.80. The van der Waals surface area contributed by atoms with Crippen LogP contribution in [0.15, 0.2) is 40.9 Å². The van der Waals surface area contributed by atoms with E-state index in [1.54, 1.807) is 6.07 Å². The lowest BCUT2D eigenvalue weighted by Crippen LogP contribution is -2.45. The molecule has 1 aliphatic heterocycles. The molecule has 0 spiro atoms. The number of likely N-dealkylation sites (tertiary alicyclic amines) is 1. The Morgan fingerprint density at radius 1 is 1.27 bits per heavy atom. The molecule has 1 aromatic carbocycles. The van der Waals surface area contributed by atoms with Gasteiger partial charge in [0.15, 0.2) is 0 Å². The lowest BCUT2D eigenvalue weighted by Gasteiger charge is -2.37. The molecule has 0 saturated carbocycles. The molecule has 2 aromatic rings. The number of aromatic nitrogens is 1. The quantitative estimate of drug-likeness (QED) is 0.874. The van der Waals surface area contributed by atoms with Gasteiger partial charge in [-0.1, -0.05) is 23.4 Å². The van der Waals surface area contributed by atoms with E-state index in [0.29, 0.717) is 11.8 Å². The number of hydrogen-bond donors (Lipinski definition) is 0. The summed E-state index contributed by atoms with van der Waals surface area (Å²) < 4.78 is 5.07. The Kier molecular flexibility index (Phi) is 4.13. The van der Waals surface area contributed by atoms with Crippen LogP contribution in [-0.4, -0.2) is 42.1 Å². The van der Waals surface area contributed by atoms with Gasteiger partial charge in [-0.05, 0) is 31.9 Å². The van der Waals surface area contributed by atoms with Crippen LogP contribution in [0.1, 0.15) is 29.1 Å². The van der Waals surface area contributed by atoms with Gasteiger partial charge in [0.05, 0.1) is 5.69 Å². The van der Waals surface area contributed by atoms with E-state index >= 15 is 0 Å². The third kappa shape index (κ3) is 2.98. The van der Waals surface area contributed by atoms with Gasteiger partial charge in [-0.25, -0.2) is 0 Å². The fourth-order valence-corrected chi connectivity index (χ4v) is 2.95. The van der Waals surface area contributed by atoms with Crippen LogP contribution < -0.4 is 4.90 Å². The van der Waals surface area contributed by atoms with Crippen LogP contribution in [0.4, 0.5) is 5.69 Å². The van der Waals surface area contributed by atoms with Gasteiger partial charge in [0.2, 0.25) is 5.76 Å². The van der Waals surface area contributed by atoms with Crippen LogP contribution in [-0.2, 0) is 0 Å². The molecule has 0 N–H and O–H groups in total. The number of hydrogen-bond acceptors (Lipinski definition) is 4. The van der Waals surface area contributed by atoms with Crippen LogP contribution >= 0.6 is 0 Å². The Balaban J connectivity index is 1.59. The van der Waals surface area contributed by atoms with Crippen LogP contribution in [0.5, 0.6) is 0 Å². The van der Waals surface area contributed by atoms with Crippen molar-refractivity contribution in [2.24, 2.45) is 0 Å². The van der Waals surface area contributed by atoms with Gasteiger partial charge in [0, 0.05) is 37.9 Å². The normalized spacial score (nSPS) is 15.8. The molecule has 0 radical (unpaired) electrons. The monoisotopic (exact) mass is 299 g/mol. The third-order valence-electron chi connectivity index (χ3n) is 4.30. The van der Waals surface area contributed by atoms with E-state index in [4.69, 9.17) is 4.52 Å². The molecule has 1 aromatic heterocycles. The number of piperidine rings is 1. The minimum Gasteiger partial charge on any atom is -0.371 e. The summed E-state index contributed by atoms with van der Waals surface area (Å²) in [6.45, 7) is 3.32. The van der Waals surface area contributed by atoms with E-state index in [1.807, 2.05) is 17.9 Å². The second-order valence-corrected chi connectivity index (χ2v) is 5.80. The number of carbonyl (C=O) groups excluding carboxylic acids is 1. The fraction of sp³-hybridized carbons (Fsp3) is 0.412. The molecule has 1 fully saturated rings. The Morgan fingerprint density at radius 2 is 1.95 bits per heavy atom. The minimum absolute atomic E-state index is 0.0542. The zero-order valence-corrected chi connectivity index (χ0v) is 13.0. The number of carbonyl (C=O) groups is 1. The molecule has 1 aliphatic rings. The summed E-state index contributed by atoms with van der Waals surface area (Å²) in [4.78, 5) is 16.5. The fourth-order valence-electron chi connectivity index (χ4n) is 2.95. The van der Waals surface area contributed by atoms with Gasteiger partial charge < -0.3 is 14.3 Å². The molecule has 5 nitrogen and oxygen atoms in total. The van der Waals surface area contributed by atoms with Crippen molar-refractivity contribution in [3.63, 3.8) is 0 Å². The molecule has 116 valence electrons. The number of rotatable bonds is 3. The van der Waals surface area contributed by atoms with Crippen LogP contribution in [0, 0.1) is 6.92 Å². The molecule has 0 unspecified atom stereocenters. The lowest BCUT2D eigenvalue weighted by atomic mass is 10.0. The first-order valence-corrected chi connectivity index (χ1v) is 7.65. The molecule has 0 aliphatic carbocycles. The summed E-state index contributed by atoms with van der Waals surface area (Å²) in [5.41, 5.74) is 1.96. The molecule has 0 bridgehead atoms. The van der Waals surface area contributed by atoms with Crippen molar-refractivity contribution in [3.8, 4) is 0 Å². The molecule has 1 amide bonds. The van der Waals surface area contributed by atoms with Gasteiger partial charge in [0.25, 0.3) is 5.91 Å². The van der Waals surface area contributed by atoms with Crippen molar-refractivity contribution in [2.75, 3.05) is 25.0 Å². The number of nitrogens with zero attached hydrogens (tertiary/aromatic N) is 3. The summed E-state index contributed by atoms with van der Waals surface area (Å²) in [5, 5.41) is 3.78. The lowest BCUT2D eigenvalue weighted by molar-refractivity contribution is 0.0671. The van der Waals surface area contributed by atoms with E-state index in [0.717, 1.165) is 31.6 Å². The van der Waals surface area contributed by atoms with E-state index < -0.39 is 0 Å². The topological polar surface area (TPSA) is 49.6 Å². The molecule has 1 saturated heterocycles. The Labute approximate surface area is 130 Å². The van der Waals surface area contributed by atoms with E-state index in [-0.39, 0.29) is 5.91 Å². The first-order chi connectivity index (χ1) is 10.6. The van der Waals surface area contributed by atoms with Crippen molar-refractivity contribution in [1.82, 2.24) is 10.1 Å². The molecular formula is C17H21N3O2. The Morgan fingerprint density at radius 3 is 2.55 bits per heavy atom. The zero-order valence-electron chi connectivity index (χ0n) is 13.0. The molecule has 0 atom stereocenters. The molecule has 5 heteroatoms. The van der Waals surface area contributed by atoms with Crippen molar-refractivity contribution in [3.05, 3.63) is 47.9 Å². The third-order valence-corrected chi connectivity index (χ3v) is 4.30. The number of anilines is 1. The zero-order chi connectivity index (χ0) is 15.5. The van der Waals surface area contributed by atoms with E-state index in [2.05, 4.69) is 41.4 Å². The predicted octanol–water partition coefficient (Wildman–Crippen LogP) is 2.72. The summed E-state index contributed by atoms with van der Waals surface area (Å²) in [6.07, 6.45) is 1.93. The van der Waals surface area contributed by atoms with Gasteiger partial charge in [-0.2, -0.15) is 0 Å². The standard InChI is InChI=1S/C17H21N3O2/c1-13-12-16(22-18-13)17(21)20-10-8-15(9-11-20)19(2)14-6-4-3-5-7-14/h3-7,12,15H,8-11H2,1-2H3. The van der Waals surface area contributed by atoms with Crippen molar-refractivity contribution in [1.29, 1.82) is 0 Å². The highest BCUT2D eigenvalue weighted by Crippen LogP contribution is 2.22. The molecule has 2 heterocycles. The van der Waals surface area contributed by atoms with Crippen molar-refractivity contribution < 1.29 is 9.32 Å². The SMILES string of the molecule is Cc1cc(C(=O)N2CCC(N(C)c3ccccc3)CC2)on1. The van der Waals surface area contributed by atoms with E-state index in [9.17, 15) is 4.79 Å². The van der Waals surface area contributed by atoms with Crippen molar-refractivity contribution >= 4 is 11.6 Å². The predicted molar refractivity (Wildman–Crippen MR) is 85.0 cm³/mol. The van der Waals surface area contributed by atoms with Crippen molar-refractivity contribution in [2.45, 2.75) is 25.8 Å². The first-order valence-electron chi connectivity index (χ1n) is 7.65. The minimum atomic E-state index is -0.0542. The number of para-hydroxylation sites is 1. The van der Waals surface area contributed by atoms with Crippen LogP contribution in [0.3, 0.4) is 0 Å². The van der Waals surface area contributed by atoms with E-state index in [1.165, 1.54) is 5.69 Å². The Hall–Kier alpha value is -2.30. The first kappa shape index (κ1) is 14.6. The maximum absolute atomic E-state index is 12.3. The molecule has 3 rings (SSSR count). The van der Waals surface area contributed by atoms with Gasteiger partial charge in [0.1, 0.15) is 0 Å². The van der Waals surface area contributed by atoms with Gasteiger partial charge in [-0.15, -0.1) is 0 Å². The maximum Gasteiger partial charge on any atom is 0.292 e. The second kappa shape index (κ2) is 6.22. The summed E-state index contributed by atoms with van der Waals surface area (Å²) >= 11 is 0. The largest absolute Gasteiger partial charge is 0.371 e. The highest BCUT2D eigenvalue weighted by Gasteiger charge is 2.27. The van der Waals surface area contributed by atoms with Gasteiger partial charge in [-0.3, -0.25) is 4.79 Å². The highest BCUT2D eigenvalue weighted by atomic mass is 16.5. The number of aryl methyl sites for hydroxylation is 1. The van der Waals surface area contributed by atoms with Crippen LogP contribution in [0.25, 0.3) is 0 Å². The summed E-state index contributed by atoms with van der Waals surface area (Å²) in [5.74, 6) is 0.286. The molecule has 22 heavy (non-hydrogen) atoms. The average Bonchev–Trinajstić information content (AvgIpc) is 3.01. The number of amides is 1. The highest BCUT2D eigenvalue weighted by molar-refractivity contribution is 5.91. The number of benzene rings is 1. The molecular weight excluding hydrogens is 278 g/mol. The summed E-state index contributed by atoms with van der Waals surface area (Å²) in [6, 6.07) is 12.5. The maximum atomic E-state index is 12.3. The Bertz CT molecular complexity index is 630. The summed E-state index contributed by atoms with van der Waals surface area (Å²) in [7, 11) is 2.12.